The Bertz CT molecular complexity index is 2610. The van der Waals surface area contributed by atoms with Crippen LogP contribution in [-0.4, -0.2) is 82.7 Å². The van der Waals surface area contributed by atoms with Crippen LogP contribution in [0.4, 0.5) is 16.2 Å². The van der Waals surface area contributed by atoms with Gasteiger partial charge in [-0.05, 0) is 105 Å². The Balaban J connectivity index is 0.000000196. The molecule has 8 rings (SSSR count). The molecule has 4 N–H and O–H groups in total. The summed E-state index contributed by atoms with van der Waals surface area (Å²) >= 11 is 9.02. The van der Waals surface area contributed by atoms with Gasteiger partial charge in [-0.25, -0.2) is 4.79 Å². The van der Waals surface area contributed by atoms with Gasteiger partial charge in [0.1, 0.15) is 17.9 Å². The number of benzene rings is 2. The lowest BCUT2D eigenvalue weighted by Gasteiger charge is -2.29. The first-order valence-corrected chi connectivity index (χ1v) is 24.2. The molecule has 3 unspecified atom stereocenters. The van der Waals surface area contributed by atoms with Gasteiger partial charge >= 0.3 is 6.03 Å². The molecule has 15 nitrogen and oxygen atoms in total. The molecule has 0 radical (unpaired) electrons. The van der Waals surface area contributed by atoms with E-state index in [-0.39, 0.29) is 54.2 Å². The fourth-order valence-electron chi connectivity index (χ4n) is 8.53. The Morgan fingerprint density at radius 2 is 1.55 bits per heavy atom. The highest BCUT2D eigenvalue weighted by molar-refractivity contribution is 7.14. The van der Waals surface area contributed by atoms with E-state index < -0.39 is 23.9 Å². The molecule has 8 amide bonds. The fourth-order valence-corrected chi connectivity index (χ4v) is 10.8. The number of rotatable bonds is 14. The maximum absolute atomic E-state index is 12.8. The van der Waals surface area contributed by atoms with Crippen molar-refractivity contribution in [1.82, 2.24) is 25.8 Å². The number of halogens is 1. The van der Waals surface area contributed by atoms with E-state index in [0.29, 0.717) is 61.4 Å². The number of aryl methyl sites for hydroxylation is 4. The Morgan fingerprint density at radius 3 is 2.18 bits per heavy atom. The summed E-state index contributed by atoms with van der Waals surface area (Å²) in [6.07, 6.45) is 3.75. The predicted octanol–water partition coefficient (Wildman–Crippen LogP) is 6.84. The number of hydrogen-bond acceptors (Lipinski definition) is 11. The molecule has 4 aromatic rings. The van der Waals surface area contributed by atoms with Gasteiger partial charge in [0.15, 0.2) is 0 Å². The van der Waals surface area contributed by atoms with Gasteiger partial charge in [0.2, 0.25) is 23.6 Å². The van der Waals surface area contributed by atoms with Crippen molar-refractivity contribution >= 4 is 92.9 Å². The quantitative estimate of drug-likeness (QED) is 0.0980. The van der Waals surface area contributed by atoms with E-state index >= 15 is 0 Å². The van der Waals surface area contributed by atoms with Crippen molar-refractivity contribution in [2.24, 2.45) is 5.92 Å². The van der Waals surface area contributed by atoms with Crippen molar-refractivity contribution in [2.45, 2.75) is 111 Å². The number of hydrogen-bond donors (Lipinski definition) is 4. The molecule has 2 aromatic carbocycles. The van der Waals surface area contributed by atoms with E-state index in [0.717, 1.165) is 67.7 Å². The van der Waals surface area contributed by atoms with Crippen LogP contribution in [0, 0.1) is 19.8 Å². The van der Waals surface area contributed by atoms with Crippen molar-refractivity contribution in [3.63, 3.8) is 0 Å². The highest BCUT2D eigenvalue weighted by Crippen LogP contribution is 2.36. The summed E-state index contributed by atoms with van der Waals surface area (Å²) in [4.78, 5) is 106. The van der Waals surface area contributed by atoms with Gasteiger partial charge in [-0.1, -0.05) is 36.7 Å². The van der Waals surface area contributed by atoms with Crippen molar-refractivity contribution in [1.29, 1.82) is 0 Å². The Labute approximate surface area is 396 Å². The molecular formula is C48H54ClN7O8S2. The molecule has 3 atom stereocenters. The monoisotopic (exact) mass is 955 g/mol. The highest BCUT2D eigenvalue weighted by Gasteiger charge is 2.42. The van der Waals surface area contributed by atoms with Crippen molar-refractivity contribution in [3.05, 3.63) is 101 Å². The summed E-state index contributed by atoms with van der Waals surface area (Å²) in [7, 11) is 2.00. The molecule has 18 heteroatoms. The van der Waals surface area contributed by atoms with E-state index in [1.165, 1.54) is 27.6 Å². The van der Waals surface area contributed by atoms with Gasteiger partial charge in [-0.2, -0.15) is 0 Å². The number of carbonyl (C=O) groups is 8. The minimum Gasteiger partial charge on any atom is -0.375 e. The maximum Gasteiger partial charge on any atom is 0.319 e. The second kappa shape index (κ2) is 20.7. The summed E-state index contributed by atoms with van der Waals surface area (Å²) in [5.41, 5.74) is 7.46. The minimum atomic E-state index is -0.617. The number of nitrogens with zero attached hydrogens (tertiary/aromatic N) is 3. The molecule has 0 spiro atoms. The van der Waals surface area contributed by atoms with Gasteiger partial charge in [0.05, 0.1) is 17.0 Å². The van der Waals surface area contributed by atoms with E-state index in [1.54, 1.807) is 4.90 Å². The number of ketones is 1. The van der Waals surface area contributed by atoms with Crippen LogP contribution in [0.25, 0.3) is 0 Å². The number of fused-ring (bicyclic) bond motifs is 2. The third-order valence-electron chi connectivity index (χ3n) is 12.7. The van der Waals surface area contributed by atoms with Gasteiger partial charge in [0, 0.05) is 83.4 Å². The topological polar surface area (TPSA) is 194 Å². The van der Waals surface area contributed by atoms with E-state index in [4.69, 9.17) is 11.6 Å². The number of urea groups is 1. The lowest BCUT2D eigenvalue weighted by atomic mass is 9.94. The Hall–Kier alpha value is -5.91. The molecule has 4 aliphatic heterocycles. The van der Waals surface area contributed by atoms with Gasteiger partial charge in [0.25, 0.3) is 11.8 Å². The fraction of sp³-hybridized carbons (Fsp3) is 0.417. The Morgan fingerprint density at radius 1 is 0.879 bits per heavy atom. The van der Waals surface area contributed by atoms with E-state index in [1.807, 2.05) is 69.6 Å². The molecule has 4 aliphatic rings. The Kier molecular flexibility index (Phi) is 15.1. The molecule has 2 fully saturated rings. The molecule has 6 heterocycles. The largest absolute Gasteiger partial charge is 0.375 e. The number of Topliss-reactive ketones (excluding diaryl/α,β-unsaturated/α-hetero) is 1. The summed E-state index contributed by atoms with van der Waals surface area (Å²) in [6.45, 7) is 9.88. The molecule has 66 heavy (non-hydrogen) atoms. The lowest BCUT2D eigenvalue weighted by molar-refractivity contribution is -0.138. The third kappa shape index (κ3) is 10.9. The maximum atomic E-state index is 12.8. The highest BCUT2D eigenvalue weighted by atomic mass is 35.5. The molecular weight excluding hydrogens is 902 g/mol. The number of thiophene rings is 2. The predicted molar refractivity (Wildman–Crippen MR) is 254 cm³/mol. The zero-order chi connectivity index (χ0) is 47.4. The number of anilines is 2. The van der Waals surface area contributed by atoms with Crippen LogP contribution < -0.4 is 26.2 Å². The summed E-state index contributed by atoms with van der Waals surface area (Å²) < 4.78 is 0. The molecule has 2 saturated heterocycles. The first kappa shape index (κ1) is 48.0. The molecule has 2 aromatic heterocycles. The van der Waals surface area contributed by atoms with Crippen LogP contribution in [-0.2, 0) is 56.4 Å². The first-order chi connectivity index (χ1) is 31.5. The summed E-state index contributed by atoms with van der Waals surface area (Å²) in [5.74, 6) is -1.64. The number of amides is 8. The first-order valence-electron chi connectivity index (χ1n) is 22.2. The van der Waals surface area contributed by atoms with Crippen LogP contribution in [0.2, 0.25) is 5.02 Å². The molecule has 0 bridgehead atoms. The zero-order valence-corrected chi connectivity index (χ0v) is 40.0. The van der Waals surface area contributed by atoms with Crippen molar-refractivity contribution < 1.29 is 38.4 Å². The average molecular weight is 957 g/mol. The van der Waals surface area contributed by atoms with E-state index in [2.05, 4.69) is 39.2 Å². The van der Waals surface area contributed by atoms with Gasteiger partial charge in [-0.15, -0.1) is 22.7 Å². The SMILES string of the molecule is CCN(C)c1cc(NC(=O)NCc2cc3c(s2)C(=O)N(C2CCC(=O)NC2=O)C3)ccc1C.Cc1ccc(CCC(C)C(=O)CCc2scc3c2CN(C2CCC(=O)NC2=O)C3=O)cc1Cl. The van der Waals surface area contributed by atoms with E-state index in [9.17, 15) is 38.4 Å². The average Bonchev–Trinajstić information content (AvgIpc) is 4.05. The second-order valence-corrected chi connectivity index (χ2v) is 19.7. The van der Waals surface area contributed by atoms with Gasteiger partial charge < -0.3 is 25.3 Å². The normalized spacial score (nSPS) is 18.3. The van der Waals surface area contributed by atoms with Crippen molar-refractivity contribution in [3.8, 4) is 0 Å². The van der Waals surface area contributed by atoms with Crippen LogP contribution >= 0.6 is 34.3 Å². The minimum absolute atomic E-state index is 0.0558. The third-order valence-corrected chi connectivity index (χ3v) is 15.3. The standard InChI is InChI=1S/C25H27ClN2O4S.C23H27N5O4S/c1-14-3-5-16(11-19(14)26)6-4-15(2)21(29)8-9-22-17-12-28(25(32)18(17)13-33-22)20-7-10-23(30)27-24(20)31;1-4-27(3)18-10-15(6-5-13(18)2)25-23(32)24-11-16-9-14-12-28(22(31)20(14)33-16)17-7-8-19(29)26-21(17)30/h3,5,11,13,15,20H,4,6-10,12H2,1-2H3,(H,27,30,31);5-6,9-10,17H,4,7-8,11-12H2,1-3H3,(H2,24,25,32)(H,26,29,30). The van der Waals surface area contributed by atoms with Crippen LogP contribution in [0.15, 0.2) is 47.8 Å². The summed E-state index contributed by atoms with van der Waals surface area (Å²) in [6, 6.07) is 12.1. The molecule has 348 valence electrons. The number of carbonyl (C=O) groups excluding carboxylic acids is 8. The molecule has 0 aliphatic carbocycles. The zero-order valence-electron chi connectivity index (χ0n) is 37.6. The van der Waals surface area contributed by atoms with Crippen LogP contribution in [0.1, 0.15) is 110 Å². The number of piperidine rings is 2. The van der Waals surface area contributed by atoms with Crippen LogP contribution in [0.3, 0.4) is 0 Å². The lowest BCUT2D eigenvalue weighted by Crippen LogP contribution is -2.52. The molecule has 0 saturated carbocycles. The number of imide groups is 2. The van der Waals surface area contributed by atoms with Crippen LogP contribution in [0.5, 0.6) is 0 Å². The summed E-state index contributed by atoms with van der Waals surface area (Å²) in [5, 5.41) is 12.9. The van der Waals surface area contributed by atoms with Crippen molar-refractivity contribution in [2.75, 3.05) is 23.8 Å². The van der Waals surface area contributed by atoms with Gasteiger partial charge in [-0.3, -0.25) is 44.2 Å². The smallest absolute Gasteiger partial charge is 0.319 e. The second-order valence-electron chi connectivity index (χ2n) is 17.2. The number of nitrogens with one attached hydrogen (secondary N) is 4.